The van der Waals surface area contributed by atoms with Crippen molar-refractivity contribution in [1.29, 1.82) is 0 Å². The van der Waals surface area contributed by atoms with Crippen LogP contribution >= 0.6 is 11.8 Å². The van der Waals surface area contributed by atoms with E-state index in [1.807, 2.05) is 49.5 Å². The first-order valence-electron chi connectivity index (χ1n) is 7.62. The van der Waals surface area contributed by atoms with Crippen molar-refractivity contribution in [1.82, 2.24) is 4.90 Å². The third-order valence-corrected chi connectivity index (χ3v) is 4.82. The highest BCUT2D eigenvalue weighted by Crippen LogP contribution is 2.21. The predicted octanol–water partition coefficient (Wildman–Crippen LogP) is 4.59. The van der Waals surface area contributed by atoms with Gasteiger partial charge in [0.1, 0.15) is 0 Å². The van der Waals surface area contributed by atoms with E-state index in [0.29, 0.717) is 12.3 Å². The summed E-state index contributed by atoms with van der Waals surface area (Å²) < 4.78 is 0. The zero-order valence-electron chi connectivity index (χ0n) is 13.1. The zero-order valence-corrected chi connectivity index (χ0v) is 13.9. The molecule has 0 aliphatic carbocycles. The highest BCUT2D eigenvalue weighted by atomic mass is 32.2. The molecule has 0 aliphatic heterocycles. The fraction of sp³-hybridized carbons (Fsp3) is 0.150. The van der Waals surface area contributed by atoms with Crippen LogP contribution in [0.15, 0.2) is 77.7 Å². The van der Waals surface area contributed by atoms with Crippen LogP contribution in [0, 0.1) is 0 Å². The number of rotatable bonds is 5. The van der Waals surface area contributed by atoms with E-state index >= 15 is 0 Å². The molecular weight excluding hydrogens is 302 g/mol. The standard InChI is InChI=1S/C20H19NOS/c1-21(20(22)15-23-18-11-3-2-4-12-18)14-17-10-7-9-16-8-5-6-13-19(16)17/h2-13H,14-15H2,1H3. The van der Waals surface area contributed by atoms with E-state index in [2.05, 4.69) is 30.3 Å². The average Bonchev–Trinajstić information content (AvgIpc) is 2.61. The lowest BCUT2D eigenvalue weighted by atomic mass is 10.0. The Kier molecular flexibility index (Phi) is 4.99. The van der Waals surface area contributed by atoms with E-state index in [0.717, 1.165) is 4.90 Å². The van der Waals surface area contributed by atoms with Crippen molar-refractivity contribution in [3.05, 3.63) is 78.4 Å². The van der Waals surface area contributed by atoms with Gasteiger partial charge in [0.15, 0.2) is 0 Å². The van der Waals surface area contributed by atoms with Gasteiger partial charge in [-0.1, -0.05) is 60.7 Å². The van der Waals surface area contributed by atoms with Crippen LogP contribution in [-0.4, -0.2) is 23.6 Å². The molecule has 0 fully saturated rings. The van der Waals surface area contributed by atoms with Gasteiger partial charge in [0.05, 0.1) is 5.75 Å². The largest absolute Gasteiger partial charge is 0.341 e. The van der Waals surface area contributed by atoms with E-state index < -0.39 is 0 Å². The van der Waals surface area contributed by atoms with Crippen molar-refractivity contribution in [3.8, 4) is 0 Å². The molecule has 3 aromatic rings. The third-order valence-electron chi connectivity index (χ3n) is 3.82. The van der Waals surface area contributed by atoms with Crippen molar-refractivity contribution in [2.75, 3.05) is 12.8 Å². The van der Waals surface area contributed by atoms with Crippen LogP contribution in [-0.2, 0) is 11.3 Å². The molecule has 23 heavy (non-hydrogen) atoms. The summed E-state index contributed by atoms with van der Waals surface area (Å²) in [5.41, 5.74) is 1.18. The second-order valence-electron chi connectivity index (χ2n) is 5.49. The number of benzene rings is 3. The molecule has 3 aromatic carbocycles. The minimum Gasteiger partial charge on any atom is -0.341 e. The van der Waals surface area contributed by atoms with Gasteiger partial charge in [-0.15, -0.1) is 11.8 Å². The van der Waals surface area contributed by atoms with Crippen LogP contribution in [0.4, 0.5) is 0 Å². The topological polar surface area (TPSA) is 20.3 Å². The number of carbonyl (C=O) groups excluding carboxylic acids is 1. The molecule has 0 radical (unpaired) electrons. The predicted molar refractivity (Wildman–Crippen MR) is 97.6 cm³/mol. The Hall–Kier alpha value is -2.26. The van der Waals surface area contributed by atoms with Gasteiger partial charge < -0.3 is 4.90 Å². The second kappa shape index (κ2) is 7.34. The fourth-order valence-corrected chi connectivity index (χ4v) is 3.41. The normalized spacial score (nSPS) is 10.7. The number of amides is 1. The smallest absolute Gasteiger partial charge is 0.232 e. The number of hydrogen-bond donors (Lipinski definition) is 0. The Balaban J connectivity index is 1.66. The summed E-state index contributed by atoms with van der Waals surface area (Å²) in [6.07, 6.45) is 0. The van der Waals surface area contributed by atoms with Gasteiger partial charge in [0.25, 0.3) is 0 Å². The SMILES string of the molecule is CN(Cc1cccc2ccccc12)C(=O)CSc1ccccc1. The summed E-state index contributed by atoms with van der Waals surface area (Å²) in [4.78, 5) is 15.3. The lowest BCUT2D eigenvalue weighted by Gasteiger charge is -2.18. The van der Waals surface area contributed by atoms with Gasteiger partial charge in [-0.05, 0) is 28.5 Å². The van der Waals surface area contributed by atoms with Crippen LogP contribution in [0.3, 0.4) is 0 Å². The summed E-state index contributed by atoms with van der Waals surface area (Å²) in [5, 5.41) is 2.43. The van der Waals surface area contributed by atoms with E-state index in [4.69, 9.17) is 0 Å². The van der Waals surface area contributed by atoms with Gasteiger partial charge in [-0.2, -0.15) is 0 Å². The Morgan fingerprint density at radius 1 is 0.913 bits per heavy atom. The molecule has 0 N–H and O–H groups in total. The van der Waals surface area contributed by atoms with E-state index in [1.165, 1.54) is 16.3 Å². The fourth-order valence-electron chi connectivity index (χ4n) is 2.55. The number of thioether (sulfide) groups is 1. The summed E-state index contributed by atoms with van der Waals surface area (Å²) in [7, 11) is 1.87. The Labute approximate surface area is 141 Å². The Morgan fingerprint density at radius 3 is 2.43 bits per heavy atom. The minimum atomic E-state index is 0.145. The quantitative estimate of drug-likeness (QED) is 0.641. The first-order valence-corrected chi connectivity index (χ1v) is 8.61. The van der Waals surface area contributed by atoms with Crippen molar-refractivity contribution in [2.45, 2.75) is 11.4 Å². The molecule has 0 spiro atoms. The number of nitrogens with zero attached hydrogens (tertiary/aromatic N) is 1. The van der Waals surface area contributed by atoms with E-state index in [9.17, 15) is 4.79 Å². The number of carbonyl (C=O) groups is 1. The van der Waals surface area contributed by atoms with Gasteiger partial charge in [-0.25, -0.2) is 0 Å². The first-order chi connectivity index (χ1) is 11.2. The molecule has 0 atom stereocenters. The maximum atomic E-state index is 12.4. The third kappa shape index (κ3) is 3.93. The van der Waals surface area contributed by atoms with Crippen LogP contribution in [0.5, 0.6) is 0 Å². The monoisotopic (exact) mass is 321 g/mol. The summed E-state index contributed by atoms with van der Waals surface area (Å²) >= 11 is 1.58. The molecule has 0 saturated heterocycles. The lowest BCUT2D eigenvalue weighted by molar-refractivity contribution is -0.127. The molecule has 0 aromatic heterocycles. The van der Waals surface area contributed by atoms with E-state index in [-0.39, 0.29) is 5.91 Å². The molecule has 0 heterocycles. The maximum absolute atomic E-state index is 12.4. The van der Waals surface area contributed by atoms with Gasteiger partial charge >= 0.3 is 0 Å². The highest BCUT2D eigenvalue weighted by molar-refractivity contribution is 8.00. The van der Waals surface area contributed by atoms with Gasteiger partial charge in [0, 0.05) is 18.5 Å². The molecule has 0 bridgehead atoms. The van der Waals surface area contributed by atoms with Crippen molar-refractivity contribution in [3.63, 3.8) is 0 Å². The van der Waals surface area contributed by atoms with E-state index in [1.54, 1.807) is 16.7 Å². The van der Waals surface area contributed by atoms with Gasteiger partial charge in [-0.3, -0.25) is 4.79 Å². The molecule has 0 aliphatic rings. The van der Waals surface area contributed by atoms with Crippen molar-refractivity contribution in [2.24, 2.45) is 0 Å². The Bertz CT molecular complexity index is 796. The maximum Gasteiger partial charge on any atom is 0.232 e. The molecule has 0 saturated carbocycles. The molecule has 116 valence electrons. The highest BCUT2D eigenvalue weighted by Gasteiger charge is 2.11. The molecule has 1 amide bonds. The van der Waals surface area contributed by atoms with Crippen LogP contribution in [0.2, 0.25) is 0 Å². The second-order valence-corrected chi connectivity index (χ2v) is 6.54. The van der Waals surface area contributed by atoms with Crippen LogP contribution in [0.25, 0.3) is 10.8 Å². The van der Waals surface area contributed by atoms with Crippen molar-refractivity contribution < 1.29 is 4.79 Å². The lowest BCUT2D eigenvalue weighted by Crippen LogP contribution is -2.27. The minimum absolute atomic E-state index is 0.145. The molecular formula is C20H19NOS. The zero-order chi connectivity index (χ0) is 16.1. The molecule has 3 heteroatoms. The molecule has 0 unspecified atom stereocenters. The van der Waals surface area contributed by atoms with Crippen LogP contribution < -0.4 is 0 Å². The van der Waals surface area contributed by atoms with Gasteiger partial charge in [0.2, 0.25) is 5.91 Å². The van der Waals surface area contributed by atoms with Crippen LogP contribution in [0.1, 0.15) is 5.56 Å². The molecule has 3 rings (SSSR count). The summed E-state index contributed by atoms with van der Waals surface area (Å²) in [6, 6.07) is 24.6. The summed E-state index contributed by atoms with van der Waals surface area (Å²) in [5.74, 6) is 0.609. The number of fused-ring (bicyclic) bond motifs is 1. The summed E-state index contributed by atoms with van der Waals surface area (Å²) in [6.45, 7) is 0.634. The average molecular weight is 321 g/mol. The first kappa shape index (κ1) is 15.6. The van der Waals surface area contributed by atoms with Crippen molar-refractivity contribution >= 4 is 28.4 Å². The number of hydrogen-bond acceptors (Lipinski definition) is 2. The molecule has 2 nitrogen and oxygen atoms in total. The Morgan fingerprint density at radius 2 is 1.61 bits per heavy atom.